The van der Waals surface area contributed by atoms with Gasteiger partial charge in [0, 0.05) is 19.8 Å². The summed E-state index contributed by atoms with van der Waals surface area (Å²) < 4.78 is 36.8. The summed E-state index contributed by atoms with van der Waals surface area (Å²) in [4.78, 5) is 11.3. The fourth-order valence-corrected chi connectivity index (χ4v) is 3.95. The fraction of sp³-hybridized carbons (Fsp3) is 0.909. The second-order valence-electron chi connectivity index (χ2n) is 4.91. The van der Waals surface area contributed by atoms with E-state index in [9.17, 15) is 18.3 Å². The van der Waals surface area contributed by atoms with Crippen molar-refractivity contribution in [3.63, 3.8) is 0 Å². The van der Waals surface area contributed by atoms with Crippen LogP contribution in [0.2, 0.25) is 0 Å². The standard InChI is InChI=1S/C11H19NO6S/c13-11(14)10(8-1-4-17-5-2-8)12-19(15,16)9-3-6-18-7-9/h8-10,12H,1-7H2,(H,13,14). The minimum atomic E-state index is -3.65. The Bertz CT molecular complexity index is 411. The van der Waals surface area contributed by atoms with Crippen molar-refractivity contribution in [1.29, 1.82) is 0 Å². The quantitative estimate of drug-likeness (QED) is 0.713. The van der Waals surface area contributed by atoms with Gasteiger partial charge in [0.05, 0.1) is 6.61 Å². The lowest BCUT2D eigenvalue weighted by Crippen LogP contribution is -2.50. The lowest BCUT2D eigenvalue weighted by Gasteiger charge is -2.28. The monoisotopic (exact) mass is 293 g/mol. The van der Waals surface area contributed by atoms with Crippen LogP contribution in [0.5, 0.6) is 0 Å². The van der Waals surface area contributed by atoms with Gasteiger partial charge in [0.2, 0.25) is 10.0 Å². The molecule has 2 fully saturated rings. The minimum Gasteiger partial charge on any atom is -0.480 e. The molecule has 0 saturated carbocycles. The molecule has 2 aliphatic heterocycles. The molecule has 2 aliphatic rings. The number of carboxylic acid groups (broad SMARTS) is 1. The first-order chi connectivity index (χ1) is 9.00. The van der Waals surface area contributed by atoms with Crippen LogP contribution in [-0.2, 0) is 24.3 Å². The van der Waals surface area contributed by atoms with Crippen LogP contribution in [0.4, 0.5) is 0 Å². The van der Waals surface area contributed by atoms with Crippen molar-refractivity contribution in [1.82, 2.24) is 4.72 Å². The third kappa shape index (κ3) is 3.65. The molecule has 2 atom stereocenters. The molecule has 8 heteroatoms. The number of hydrogen-bond donors (Lipinski definition) is 2. The van der Waals surface area contributed by atoms with E-state index in [1.54, 1.807) is 0 Å². The summed E-state index contributed by atoms with van der Waals surface area (Å²) in [6.45, 7) is 1.49. The van der Waals surface area contributed by atoms with E-state index in [2.05, 4.69) is 4.72 Å². The number of carboxylic acids is 1. The van der Waals surface area contributed by atoms with E-state index in [1.165, 1.54) is 0 Å². The van der Waals surface area contributed by atoms with Crippen LogP contribution < -0.4 is 4.72 Å². The van der Waals surface area contributed by atoms with Crippen LogP contribution in [0.1, 0.15) is 19.3 Å². The Kier molecular flexibility index (Phi) is 4.77. The molecular weight excluding hydrogens is 274 g/mol. The second-order valence-corrected chi connectivity index (χ2v) is 6.91. The van der Waals surface area contributed by atoms with Gasteiger partial charge in [-0.1, -0.05) is 0 Å². The van der Waals surface area contributed by atoms with E-state index < -0.39 is 27.3 Å². The van der Waals surface area contributed by atoms with Crippen LogP contribution in [0, 0.1) is 5.92 Å². The summed E-state index contributed by atoms with van der Waals surface area (Å²) in [6.07, 6.45) is 1.52. The Morgan fingerprint density at radius 3 is 2.32 bits per heavy atom. The smallest absolute Gasteiger partial charge is 0.322 e. The van der Waals surface area contributed by atoms with Gasteiger partial charge in [-0.15, -0.1) is 0 Å². The zero-order valence-electron chi connectivity index (χ0n) is 10.6. The number of rotatable bonds is 5. The van der Waals surface area contributed by atoms with E-state index in [0.29, 0.717) is 39.1 Å². The minimum absolute atomic E-state index is 0.134. The van der Waals surface area contributed by atoms with Gasteiger partial charge in [0.1, 0.15) is 11.3 Å². The molecule has 2 unspecified atom stereocenters. The molecule has 0 radical (unpaired) electrons. The first-order valence-corrected chi connectivity index (χ1v) is 7.95. The topological polar surface area (TPSA) is 102 Å². The van der Waals surface area contributed by atoms with Crippen molar-refractivity contribution >= 4 is 16.0 Å². The van der Waals surface area contributed by atoms with Gasteiger partial charge in [0.15, 0.2) is 0 Å². The summed E-state index contributed by atoms with van der Waals surface area (Å²) >= 11 is 0. The molecule has 0 aromatic carbocycles. The summed E-state index contributed by atoms with van der Waals surface area (Å²) in [7, 11) is -3.65. The molecule has 0 bridgehead atoms. The maximum absolute atomic E-state index is 12.1. The van der Waals surface area contributed by atoms with Gasteiger partial charge in [0.25, 0.3) is 0 Å². The molecule has 7 nitrogen and oxygen atoms in total. The Balaban J connectivity index is 2.05. The number of nitrogens with one attached hydrogen (secondary N) is 1. The maximum atomic E-state index is 12.1. The summed E-state index contributed by atoms with van der Waals surface area (Å²) in [5.74, 6) is -1.35. The molecule has 2 saturated heterocycles. The van der Waals surface area contributed by atoms with E-state index in [0.717, 1.165) is 0 Å². The fourth-order valence-electron chi connectivity index (χ4n) is 2.43. The third-order valence-electron chi connectivity index (χ3n) is 3.62. The molecular formula is C11H19NO6S. The third-order valence-corrected chi connectivity index (χ3v) is 5.45. The zero-order valence-corrected chi connectivity index (χ0v) is 11.4. The molecule has 2 rings (SSSR count). The van der Waals surface area contributed by atoms with Crippen LogP contribution in [0.15, 0.2) is 0 Å². The first kappa shape index (κ1) is 14.7. The van der Waals surface area contributed by atoms with Crippen molar-refractivity contribution < 1.29 is 27.8 Å². The summed E-state index contributed by atoms with van der Waals surface area (Å²) in [5, 5.41) is 8.59. The predicted octanol–water partition coefficient (Wildman–Crippen LogP) is -0.425. The number of carbonyl (C=O) groups is 1. The van der Waals surface area contributed by atoms with Gasteiger partial charge >= 0.3 is 5.97 Å². The number of hydrogen-bond acceptors (Lipinski definition) is 5. The van der Waals surface area contributed by atoms with Crippen molar-refractivity contribution in [3.8, 4) is 0 Å². The Morgan fingerprint density at radius 1 is 1.16 bits per heavy atom. The van der Waals surface area contributed by atoms with Gasteiger partial charge in [-0.25, -0.2) is 13.1 Å². The summed E-state index contributed by atoms with van der Waals surface area (Å²) in [6, 6.07) is -1.07. The van der Waals surface area contributed by atoms with Crippen molar-refractivity contribution in [3.05, 3.63) is 0 Å². The van der Waals surface area contributed by atoms with E-state index >= 15 is 0 Å². The molecule has 110 valence electrons. The largest absolute Gasteiger partial charge is 0.480 e. The Labute approximate surface area is 112 Å². The average molecular weight is 293 g/mol. The van der Waals surface area contributed by atoms with Crippen molar-refractivity contribution in [2.24, 2.45) is 5.92 Å². The SMILES string of the molecule is O=C(O)C(NS(=O)(=O)C1CCOC1)C1CCOCC1. The van der Waals surface area contributed by atoms with E-state index in [-0.39, 0.29) is 12.5 Å². The van der Waals surface area contributed by atoms with Gasteiger partial charge in [-0.05, 0) is 25.2 Å². The average Bonchev–Trinajstić information content (AvgIpc) is 2.91. The van der Waals surface area contributed by atoms with Crippen LogP contribution >= 0.6 is 0 Å². The van der Waals surface area contributed by atoms with Gasteiger partial charge < -0.3 is 14.6 Å². The molecule has 19 heavy (non-hydrogen) atoms. The number of aliphatic carboxylic acids is 1. The predicted molar refractivity (Wildman–Crippen MR) is 66.2 cm³/mol. The molecule has 0 aromatic rings. The molecule has 0 aliphatic carbocycles. The van der Waals surface area contributed by atoms with Crippen LogP contribution in [0.25, 0.3) is 0 Å². The van der Waals surface area contributed by atoms with Gasteiger partial charge in [-0.3, -0.25) is 4.79 Å². The highest BCUT2D eigenvalue weighted by molar-refractivity contribution is 7.90. The van der Waals surface area contributed by atoms with Gasteiger partial charge in [-0.2, -0.15) is 0 Å². The Morgan fingerprint density at radius 2 is 1.79 bits per heavy atom. The lowest BCUT2D eigenvalue weighted by atomic mass is 9.92. The maximum Gasteiger partial charge on any atom is 0.322 e. The van der Waals surface area contributed by atoms with Crippen molar-refractivity contribution in [2.45, 2.75) is 30.6 Å². The zero-order chi connectivity index (χ0) is 13.9. The molecule has 0 amide bonds. The highest BCUT2D eigenvalue weighted by Crippen LogP contribution is 2.21. The van der Waals surface area contributed by atoms with Crippen LogP contribution in [-0.4, -0.2) is 57.2 Å². The lowest BCUT2D eigenvalue weighted by molar-refractivity contribution is -0.141. The van der Waals surface area contributed by atoms with Crippen LogP contribution in [0.3, 0.4) is 0 Å². The second kappa shape index (κ2) is 6.17. The number of ether oxygens (including phenoxy) is 2. The highest BCUT2D eigenvalue weighted by atomic mass is 32.2. The number of sulfonamides is 1. The Hall–Kier alpha value is -0.700. The molecule has 0 aromatic heterocycles. The van der Waals surface area contributed by atoms with E-state index in [4.69, 9.17) is 9.47 Å². The van der Waals surface area contributed by atoms with E-state index in [1.807, 2.05) is 0 Å². The highest BCUT2D eigenvalue weighted by Gasteiger charge is 2.37. The normalized spacial score (nSPS) is 27.3. The molecule has 0 spiro atoms. The van der Waals surface area contributed by atoms with Crippen molar-refractivity contribution in [2.75, 3.05) is 26.4 Å². The first-order valence-electron chi connectivity index (χ1n) is 6.40. The molecule has 2 heterocycles. The summed E-state index contributed by atoms with van der Waals surface area (Å²) in [5.41, 5.74) is 0. The molecule has 2 N–H and O–H groups in total.